The quantitative estimate of drug-likeness (QED) is 0.791. The molecule has 2 rings (SSSR count). The van der Waals surface area contributed by atoms with E-state index < -0.39 is 0 Å². The van der Waals surface area contributed by atoms with Crippen LogP contribution in [0.3, 0.4) is 0 Å². The summed E-state index contributed by atoms with van der Waals surface area (Å²) in [5, 5.41) is 3.84. The molecule has 1 saturated carbocycles. The molecule has 0 heterocycles. The van der Waals surface area contributed by atoms with E-state index in [-0.39, 0.29) is 0 Å². The molecule has 19 heavy (non-hydrogen) atoms. The minimum absolute atomic E-state index is 0.571. The lowest BCUT2D eigenvalue weighted by molar-refractivity contribution is 0.270. The van der Waals surface area contributed by atoms with Crippen molar-refractivity contribution in [2.45, 2.75) is 65.3 Å². The van der Waals surface area contributed by atoms with Crippen molar-refractivity contribution < 1.29 is 0 Å². The Labute approximate surface area is 118 Å². The Bertz CT molecular complexity index is 370. The second-order valence-electron chi connectivity index (χ2n) is 6.14. The molecule has 0 aliphatic heterocycles. The number of hydrogen-bond acceptors (Lipinski definition) is 1. The lowest BCUT2D eigenvalue weighted by Crippen LogP contribution is -2.31. The van der Waals surface area contributed by atoms with Crippen LogP contribution in [0.25, 0.3) is 0 Å². The highest BCUT2D eigenvalue weighted by Gasteiger charge is 2.26. The Morgan fingerprint density at radius 3 is 2.32 bits per heavy atom. The zero-order valence-corrected chi connectivity index (χ0v) is 12.8. The predicted molar refractivity (Wildman–Crippen MR) is 83.5 cm³/mol. The van der Waals surface area contributed by atoms with E-state index in [1.54, 1.807) is 5.56 Å². The highest BCUT2D eigenvalue weighted by Crippen LogP contribution is 2.36. The van der Waals surface area contributed by atoms with Crippen molar-refractivity contribution in [3.63, 3.8) is 0 Å². The van der Waals surface area contributed by atoms with Crippen molar-refractivity contribution in [1.29, 1.82) is 0 Å². The molecular formula is C18H29N. The molecule has 106 valence electrons. The lowest BCUT2D eigenvalue weighted by atomic mass is 9.79. The smallest absolute Gasteiger partial charge is 0.0353 e. The van der Waals surface area contributed by atoms with Crippen LogP contribution in [0, 0.1) is 19.8 Å². The largest absolute Gasteiger partial charge is 0.310 e. The Morgan fingerprint density at radius 2 is 1.74 bits per heavy atom. The number of rotatable bonds is 5. The van der Waals surface area contributed by atoms with Crippen LogP contribution in [0.15, 0.2) is 18.2 Å². The third-order valence-corrected chi connectivity index (χ3v) is 4.59. The lowest BCUT2D eigenvalue weighted by Gasteiger charge is -2.33. The first-order valence-electron chi connectivity index (χ1n) is 8.03. The van der Waals surface area contributed by atoms with Crippen LogP contribution in [-0.4, -0.2) is 6.54 Å². The molecule has 0 bridgehead atoms. The first-order chi connectivity index (χ1) is 9.24. The fourth-order valence-electron chi connectivity index (χ4n) is 3.59. The average molecular weight is 259 g/mol. The Morgan fingerprint density at radius 1 is 1.11 bits per heavy atom. The third kappa shape index (κ3) is 3.60. The molecule has 0 radical (unpaired) electrons. The van der Waals surface area contributed by atoms with Gasteiger partial charge in [-0.3, -0.25) is 0 Å². The Kier molecular flexibility index (Phi) is 5.45. The van der Waals surface area contributed by atoms with E-state index in [0.29, 0.717) is 6.04 Å². The van der Waals surface area contributed by atoms with Gasteiger partial charge < -0.3 is 5.32 Å². The maximum atomic E-state index is 3.84. The second-order valence-corrected chi connectivity index (χ2v) is 6.14. The topological polar surface area (TPSA) is 12.0 Å². The standard InChI is InChI=1S/C18H29N/c1-4-13-19-18(16-11-6-5-7-12-16)17-14(2)9-8-10-15(17)3/h8-10,16,18-19H,4-7,11-13H2,1-3H3. The van der Waals surface area contributed by atoms with Crippen molar-refractivity contribution in [3.05, 3.63) is 34.9 Å². The normalized spacial score (nSPS) is 18.5. The van der Waals surface area contributed by atoms with Crippen molar-refractivity contribution >= 4 is 0 Å². The molecule has 1 aliphatic rings. The molecule has 1 atom stereocenters. The van der Waals surface area contributed by atoms with Gasteiger partial charge >= 0.3 is 0 Å². The van der Waals surface area contributed by atoms with Crippen molar-refractivity contribution in [2.75, 3.05) is 6.54 Å². The van der Waals surface area contributed by atoms with Gasteiger partial charge in [0, 0.05) is 6.04 Å². The van der Waals surface area contributed by atoms with E-state index in [9.17, 15) is 0 Å². The van der Waals surface area contributed by atoms with Crippen molar-refractivity contribution in [2.24, 2.45) is 5.92 Å². The fourth-order valence-corrected chi connectivity index (χ4v) is 3.59. The highest BCUT2D eigenvalue weighted by molar-refractivity contribution is 5.36. The summed E-state index contributed by atoms with van der Waals surface area (Å²) in [6, 6.07) is 7.30. The molecule has 0 saturated heterocycles. The number of benzene rings is 1. The van der Waals surface area contributed by atoms with Crippen LogP contribution in [0.4, 0.5) is 0 Å². The first-order valence-corrected chi connectivity index (χ1v) is 8.03. The molecule has 1 fully saturated rings. The van der Waals surface area contributed by atoms with Crippen LogP contribution in [0.5, 0.6) is 0 Å². The van der Waals surface area contributed by atoms with E-state index in [0.717, 1.165) is 12.5 Å². The number of aryl methyl sites for hydroxylation is 2. The summed E-state index contributed by atoms with van der Waals surface area (Å²) in [6.45, 7) is 7.93. The molecule has 0 amide bonds. The van der Waals surface area contributed by atoms with E-state index in [2.05, 4.69) is 44.3 Å². The van der Waals surface area contributed by atoms with E-state index in [1.807, 2.05) is 0 Å². The van der Waals surface area contributed by atoms with Crippen LogP contribution in [0.1, 0.15) is 68.2 Å². The molecule has 0 aromatic heterocycles. The SMILES string of the molecule is CCCNC(c1c(C)cccc1C)C1CCCCC1. The summed E-state index contributed by atoms with van der Waals surface area (Å²) in [6.07, 6.45) is 8.28. The van der Waals surface area contributed by atoms with Gasteiger partial charge in [0.1, 0.15) is 0 Å². The van der Waals surface area contributed by atoms with Gasteiger partial charge in [0.2, 0.25) is 0 Å². The fraction of sp³-hybridized carbons (Fsp3) is 0.667. The minimum atomic E-state index is 0.571. The first kappa shape index (κ1) is 14.6. The van der Waals surface area contributed by atoms with Gasteiger partial charge in [-0.1, -0.05) is 44.4 Å². The summed E-state index contributed by atoms with van der Waals surface area (Å²) in [4.78, 5) is 0. The Hall–Kier alpha value is -0.820. The van der Waals surface area contributed by atoms with Crippen LogP contribution >= 0.6 is 0 Å². The van der Waals surface area contributed by atoms with Crippen LogP contribution in [-0.2, 0) is 0 Å². The molecule has 1 nitrogen and oxygen atoms in total. The van der Waals surface area contributed by atoms with Gasteiger partial charge in [-0.2, -0.15) is 0 Å². The molecule has 1 N–H and O–H groups in total. The van der Waals surface area contributed by atoms with Crippen LogP contribution in [0.2, 0.25) is 0 Å². The highest BCUT2D eigenvalue weighted by atomic mass is 14.9. The molecule has 0 spiro atoms. The maximum absolute atomic E-state index is 3.84. The zero-order valence-electron chi connectivity index (χ0n) is 12.8. The third-order valence-electron chi connectivity index (χ3n) is 4.59. The van der Waals surface area contributed by atoms with Crippen LogP contribution < -0.4 is 5.32 Å². The average Bonchev–Trinajstić information content (AvgIpc) is 2.43. The van der Waals surface area contributed by atoms with Gasteiger partial charge in [0.25, 0.3) is 0 Å². The molecule has 1 heteroatoms. The van der Waals surface area contributed by atoms with Gasteiger partial charge in [0.15, 0.2) is 0 Å². The molecule has 1 aliphatic carbocycles. The van der Waals surface area contributed by atoms with Crippen molar-refractivity contribution in [3.8, 4) is 0 Å². The Balaban J connectivity index is 2.25. The minimum Gasteiger partial charge on any atom is -0.310 e. The van der Waals surface area contributed by atoms with E-state index in [4.69, 9.17) is 0 Å². The summed E-state index contributed by atoms with van der Waals surface area (Å²) >= 11 is 0. The summed E-state index contributed by atoms with van der Waals surface area (Å²) in [7, 11) is 0. The zero-order chi connectivity index (χ0) is 13.7. The van der Waals surface area contributed by atoms with Crippen molar-refractivity contribution in [1.82, 2.24) is 5.32 Å². The van der Waals surface area contributed by atoms with Gasteiger partial charge in [0.05, 0.1) is 0 Å². The number of nitrogens with one attached hydrogen (secondary N) is 1. The predicted octanol–water partition coefficient (Wildman–Crippen LogP) is 4.92. The van der Waals surface area contributed by atoms with Gasteiger partial charge in [-0.05, 0) is 62.3 Å². The molecule has 1 unspecified atom stereocenters. The summed E-state index contributed by atoms with van der Waals surface area (Å²) in [5.41, 5.74) is 4.49. The number of hydrogen-bond donors (Lipinski definition) is 1. The maximum Gasteiger partial charge on any atom is 0.0353 e. The molecular weight excluding hydrogens is 230 g/mol. The van der Waals surface area contributed by atoms with Gasteiger partial charge in [-0.15, -0.1) is 0 Å². The molecule has 1 aromatic rings. The summed E-state index contributed by atoms with van der Waals surface area (Å²) < 4.78 is 0. The van der Waals surface area contributed by atoms with E-state index >= 15 is 0 Å². The molecule has 1 aromatic carbocycles. The van der Waals surface area contributed by atoms with E-state index in [1.165, 1.54) is 49.7 Å². The second kappa shape index (κ2) is 7.09. The monoisotopic (exact) mass is 259 g/mol. The summed E-state index contributed by atoms with van der Waals surface area (Å²) in [5.74, 6) is 0.833. The van der Waals surface area contributed by atoms with Gasteiger partial charge in [-0.25, -0.2) is 0 Å².